The Morgan fingerprint density at radius 3 is 1.36 bits per heavy atom. The van der Waals surface area contributed by atoms with Gasteiger partial charge in [0.05, 0.1) is 11.0 Å². The number of nitrogens with zero attached hydrogens (tertiary/aromatic N) is 2. The number of pyridine rings is 2. The summed E-state index contributed by atoms with van der Waals surface area (Å²) in [6.07, 6.45) is 0. The largest absolute Gasteiger partial charge is 0.380 e. The molecule has 0 atom stereocenters. The fourth-order valence-electron chi connectivity index (χ4n) is 3.07. The highest BCUT2D eigenvalue weighted by molar-refractivity contribution is 9.10. The Morgan fingerprint density at radius 1 is 0.640 bits per heavy atom. The first-order chi connectivity index (χ1) is 11.5. The molecule has 1 aliphatic rings. The fourth-order valence-corrected chi connectivity index (χ4v) is 3.69. The highest BCUT2D eigenvalue weighted by Gasteiger charge is 2.80. The second-order valence-electron chi connectivity index (χ2n) is 5.53. The smallest absolute Gasteiger partial charge is 0.239 e. The minimum absolute atomic E-state index is 0.169. The van der Waals surface area contributed by atoms with Gasteiger partial charge in [0, 0.05) is 21.9 Å². The molecule has 0 saturated carbocycles. The molecule has 0 fully saturated rings. The Labute approximate surface area is 152 Å². The van der Waals surface area contributed by atoms with Crippen molar-refractivity contribution in [3.63, 3.8) is 0 Å². The maximum Gasteiger partial charge on any atom is 0.380 e. The van der Waals surface area contributed by atoms with Crippen molar-refractivity contribution in [2.24, 2.45) is 0 Å². The van der Waals surface area contributed by atoms with Crippen LogP contribution in [-0.4, -0.2) is 15.9 Å². The highest BCUT2D eigenvalue weighted by atomic mass is 79.9. The lowest BCUT2D eigenvalue weighted by molar-refractivity contribution is -0.301. The maximum atomic E-state index is 14.3. The number of fused-ring (bicyclic) bond motifs is 6. The van der Waals surface area contributed by atoms with E-state index < -0.39 is 39.7 Å². The summed E-state index contributed by atoms with van der Waals surface area (Å²) in [5.41, 5.74) is -3.15. The molecule has 0 saturated heterocycles. The second kappa shape index (κ2) is 4.85. The molecular formula is C15H4Br2F6N2. The summed E-state index contributed by atoms with van der Waals surface area (Å²) in [5, 5.41) is -0.976. The molecule has 1 aromatic carbocycles. The molecule has 2 heterocycles. The zero-order chi connectivity index (χ0) is 18.4. The van der Waals surface area contributed by atoms with Crippen molar-refractivity contribution in [3.8, 4) is 0 Å². The third-order valence-corrected chi connectivity index (χ3v) is 5.04. The van der Waals surface area contributed by atoms with Gasteiger partial charge in [-0.25, -0.2) is 9.97 Å². The Hall–Kier alpha value is -1.42. The van der Waals surface area contributed by atoms with E-state index in [-0.39, 0.29) is 20.2 Å². The molecule has 0 unspecified atom stereocenters. The lowest BCUT2D eigenvalue weighted by Gasteiger charge is -2.23. The first-order valence-corrected chi connectivity index (χ1v) is 8.31. The average molecular weight is 486 g/mol. The predicted molar refractivity (Wildman–Crippen MR) is 85.2 cm³/mol. The molecule has 25 heavy (non-hydrogen) atoms. The molecule has 0 aliphatic heterocycles. The van der Waals surface area contributed by atoms with E-state index >= 15 is 0 Å². The van der Waals surface area contributed by atoms with Crippen LogP contribution in [0.2, 0.25) is 0 Å². The fraction of sp³-hybridized carbons (Fsp3) is 0.200. The van der Waals surface area contributed by atoms with Crippen LogP contribution >= 0.6 is 31.9 Å². The van der Waals surface area contributed by atoms with E-state index in [2.05, 4.69) is 41.8 Å². The van der Waals surface area contributed by atoms with Gasteiger partial charge in [-0.3, -0.25) is 0 Å². The summed E-state index contributed by atoms with van der Waals surface area (Å²) in [7, 11) is 0. The molecule has 130 valence electrons. The van der Waals surface area contributed by atoms with E-state index in [1.807, 2.05) is 0 Å². The van der Waals surface area contributed by atoms with E-state index in [9.17, 15) is 26.3 Å². The summed E-state index contributed by atoms with van der Waals surface area (Å²) in [5.74, 6) is -15.7. The lowest BCUT2D eigenvalue weighted by atomic mass is 9.97. The summed E-state index contributed by atoms with van der Waals surface area (Å²) >= 11 is 6.11. The molecule has 0 N–H and O–H groups in total. The van der Waals surface area contributed by atoms with Crippen LogP contribution in [0.3, 0.4) is 0 Å². The summed E-state index contributed by atoms with van der Waals surface area (Å²) in [4.78, 5) is 7.99. The van der Waals surface area contributed by atoms with Gasteiger partial charge in [0.15, 0.2) is 0 Å². The van der Waals surface area contributed by atoms with Gasteiger partial charge in [0.25, 0.3) is 0 Å². The third-order valence-electron chi connectivity index (χ3n) is 4.15. The quantitative estimate of drug-likeness (QED) is 0.217. The van der Waals surface area contributed by atoms with Crippen LogP contribution in [0.25, 0.3) is 21.8 Å². The number of hydrogen-bond acceptors (Lipinski definition) is 2. The van der Waals surface area contributed by atoms with E-state index in [0.717, 1.165) is 12.1 Å². The van der Waals surface area contributed by atoms with Gasteiger partial charge in [-0.1, -0.05) is 0 Å². The Morgan fingerprint density at radius 2 is 1.00 bits per heavy atom. The van der Waals surface area contributed by atoms with Gasteiger partial charge in [0.1, 0.15) is 9.21 Å². The SMILES string of the molecule is FC1(F)c2c(c3ccc(Br)nc3c3nc(Br)ccc23)C(F)(F)C1(F)F. The van der Waals surface area contributed by atoms with Crippen molar-refractivity contribution in [3.05, 3.63) is 44.6 Å². The third kappa shape index (κ3) is 1.92. The van der Waals surface area contributed by atoms with Crippen LogP contribution < -0.4 is 0 Å². The Bertz CT molecular complexity index is 984. The number of benzene rings is 1. The molecule has 3 aromatic rings. The van der Waals surface area contributed by atoms with E-state index in [4.69, 9.17) is 0 Å². The minimum atomic E-state index is -5.57. The minimum Gasteiger partial charge on any atom is -0.239 e. The first-order valence-electron chi connectivity index (χ1n) is 6.73. The number of aromatic nitrogens is 2. The predicted octanol–water partition coefficient (Wildman–Crippen LogP) is 6.14. The Kier molecular flexibility index (Phi) is 3.30. The molecule has 2 aromatic heterocycles. The molecule has 0 amide bonds. The molecule has 4 rings (SSSR count). The van der Waals surface area contributed by atoms with Crippen molar-refractivity contribution in [2.75, 3.05) is 0 Å². The number of hydrogen-bond donors (Lipinski definition) is 0. The molecule has 1 aliphatic carbocycles. The highest BCUT2D eigenvalue weighted by Crippen LogP contribution is 2.65. The molecule has 0 bridgehead atoms. The number of halogens is 8. The lowest BCUT2D eigenvalue weighted by Crippen LogP contribution is -2.43. The van der Waals surface area contributed by atoms with Gasteiger partial charge in [-0.2, -0.15) is 26.3 Å². The average Bonchev–Trinajstić information content (AvgIpc) is 2.63. The van der Waals surface area contributed by atoms with Crippen molar-refractivity contribution in [2.45, 2.75) is 17.8 Å². The molecule has 2 nitrogen and oxygen atoms in total. The van der Waals surface area contributed by atoms with Crippen molar-refractivity contribution in [1.29, 1.82) is 0 Å². The summed E-state index contributed by atoms with van der Waals surface area (Å²) < 4.78 is 85.7. The number of rotatable bonds is 0. The van der Waals surface area contributed by atoms with Gasteiger partial charge < -0.3 is 0 Å². The molecule has 10 heteroatoms. The zero-order valence-electron chi connectivity index (χ0n) is 11.7. The molecule has 0 spiro atoms. The maximum absolute atomic E-state index is 14.3. The summed E-state index contributed by atoms with van der Waals surface area (Å²) in [6.45, 7) is 0. The normalized spacial score (nSPS) is 20.2. The standard InChI is InChI=1S/C15H4Br2F6N2/c16-7-3-1-5-9-10(14(20,21)15(22,23)13(9,18)19)6-2-4-8(17)25-12(6)11(5)24-7/h1-4H. The van der Waals surface area contributed by atoms with Crippen LogP contribution in [0.15, 0.2) is 33.5 Å². The van der Waals surface area contributed by atoms with Gasteiger partial charge in [-0.05, 0) is 56.1 Å². The zero-order valence-corrected chi connectivity index (χ0v) is 14.9. The van der Waals surface area contributed by atoms with Crippen LogP contribution in [0.1, 0.15) is 11.1 Å². The van der Waals surface area contributed by atoms with Crippen molar-refractivity contribution < 1.29 is 26.3 Å². The van der Waals surface area contributed by atoms with Gasteiger partial charge in [-0.15, -0.1) is 0 Å². The van der Waals surface area contributed by atoms with Crippen LogP contribution in [-0.2, 0) is 11.8 Å². The van der Waals surface area contributed by atoms with Crippen molar-refractivity contribution in [1.82, 2.24) is 9.97 Å². The molecular weight excluding hydrogens is 482 g/mol. The van der Waals surface area contributed by atoms with Gasteiger partial charge in [0.2, 0.25) is 0 Å². The topological polar surface area (TPSA) is 25.8 Å². The van der Waals surface area contributed by atoms with E-state index in [0.29, 0.717) is 0 Å². The second-order valence-corrected chi connectivity index (χ2v) is 7.16. The number of alkyl halides is 6. The molecule has 0 radical (unpaired) electrons. The summed E-state index contributed by atoms with van der Waals surface area (Å²) in [6, 6.07) is 4.55. The van der Waals surface area contributed by atoms with E-state index in [1.165, 1.54) is 12.1 Å². The van der Waals surface area contributed by atoms with Crippen LogP contribution in [0.5, 0.6) is 0 Å². The first kappa shape index (κ1) is 17.0. The van der Waals surface area contributed by atoms with Crippen LogP contribution in [0, 0.1) is 0 Å². The monoisotopic (exact) mass is 484 g/mol. The van der Waals surface area contributed by atoms with Crippen LogP contribution in [0.4, 0.5) is 26.3 Å². The van der Waals surface area contributed by atoms with Crippen molar-refractivity contribution >= 4 is 53.7 Å². The van der Waals surface area contributed by atoms with E-state index in [1.54, 1.807) is 0 Å². The van der Waals surface area contributed by atoms with Gasteiger partial charge >= 0.3 is 17.8 Å². The Balaban J connectivity index is 2.36.